The number of H-pyrrole nitrogens is 1. The summed E-state index contributed by atoms with van der Waals surface area (Å²) in [5, 5.41) is 11.4. The molecule has 2 aromatic heterocycles. The summed E-state index contributed by atoms with van der Waals surface area (Å²) < 4.78 is 5.29. The Kier molecular flexibility index (Phi) is 3.28. The highest BCUT2D eigenvalue weighted by Gasteiger charge is 2.45. The van der Waals surface area contributed by atoms with Gasteiger partial charge in [0, 0.05) is 30.3 Å². The summed E-state index contributed by atoms with van der Waals surface area (Å²) in [5.41, 5.74) is 3.41. The number of hydrogen-bond donors (Lipinski definition) is 1. The maximum atomic E-state index is 12.8. The van der Waals surface area contributed by atoms with Gasteiger partial charge in [-0.05, 0) is 37.2 Å². The van der Waals surface area contributed by atoms with Gasteiger partial charge in [-0.3, -0.25) is 9.89 Å². The number of aryl methyl sites for hydroxylation is 1. The highest BCUT2D eigenvalue weighted by Crippen LogP contribution is 2.44. The molecule has 1 aliphatic heterocycles. The van der Waals surface area contributed by atoms with Crippen LogP contribution in [0.1, 0.15) is 66.5 Å². The lowest BCUT2D eigenvalue weighted by Crippen LogP contribution is -2.47. The van der Waals surface area contributed by atoms with Crippen molar-refractivity contribution in [1.82, 2.24) is 20.3 Å². The predicted molar refractivity (Wildman–Crippen MR) is 84.3 cm³/mol. The number of piperidine rings is 1. The summed E-state index contributed by atoms with van der Waals surface area (Å²) in [6, 6.07) is 1.78. The van der Waals surface area contributed by atoms with E-state index in [9.17, 15) is 4.79 Å². The second kappa shape index (κ2) is 5.22. The van der Waals surface area contributed by atoms with Gasteiger partial charge in [-0.25, -0.2) is 0 Å². The van der Waals surface area contributed by atoms with Crippen molar-refractivity contribution in [2.24, 2.45) is 0 Å². The molecular weight excluding hydrogens is 292 g/mol. The molecule has 1 saturated heterocycles. The quantitative estimate of drug-likeness (QED) is 0.924. The number of fused-ring (bicyclic) bond motifs is 2. The zero-order valence-corrected chi connectivity index (χ0v) is 13.6. The third-order valence-electron chi connectivity index (χ3n) is 5.32. The van der Waals surface area contributed by atoms with Crippen LogP contribution in [-0.2, 0) is 11.8 Å². The third kappa shape index (κ3) is 2.28. The van der Waals surface area contributed by atoms with Gasteiger partial charge >= 0.3 is 0 Å². The van der Waals surface area contributed by atoms with Crippen molar-refractivity contribution in [2.45, 2.75) is 50.9 Å². The minimum atomic E-state index is -0.0450. The number of amides is 1. The molecule has 0 bridgehead atoms. The summed E-state index contributed by atoms with van der Waals surface area (Å²) in [5.74, 6) is 0.570. The lowest BCUT2D eigenvalue weighted by molar-refractivity contribution is 0.0592. The summed E-state index contributed by atoms with van der Waals surface area (Å²) in [4.78, 5) is 14.7. The van der Waals surface area contributed by atoms with Gasteiger partial charge in [-0.2, -0.15) is 5.10 Å². The number of carbonyl (C=O) groups is 1. The van der Waals surface area contributed by atoms with Gasteiger partial charge in [0.2, 0.25) is 5.76 Å². The van der Waals surface area contributed by atoms with Crippen molar-refractivity contribution in [3.63, 3.8) is 0 Å². The molecule has 6 nitrogen and oxygen atoms in total. The number of aromatic amines is 1. The molecule has 1 fully saturated rings. The zero-order chi connectivity index (χ0) is 16.0. The number of nitrogens with zero attached hydrogens (tertiary/aromatic N) is 3. The van der Waals surface area contributed by atoms with Crippen LogP contribution in [0.5, 0.6) is 0 Å². The van der Waals surface area contributed by atoms with Gasteiger partial charge in [0.15, 0.2) is 0 Å². The Hall–Kier alpha value is -2.11. The molecule has 6 heteroatoms. The molecule has 1 N–H and O–H groups in total. The molecule has 23 heavy (non-hydrogen) atoms. The van der Waals surface area contributed by atoms with Gasteiger partial charge in [0.1, 0.15) is 0 Å². The molecule has 2 aliphatic rings. The Bertz CT molecular complexity index is 733. The van der Waals surface area contributed by atoms with E-state index in [0.29, 0.717) is 5.76 Å². The molecule has 4 rings (SSSR count). The largest absolute Gasteiger partial charge is 0.351 e. The van der Waals surface area contributed by atoms with E-state index in [-0.39, 0.29) is 17.2 Å². The topological polar surface area (TPSA) is 75.0 Å². The standard InChI is InChI=1S/C17H22N4O2/c1-11(2)13-8-14(23-20-13)16(22)21-7-3-5-17(10-21)6-4-12-9-18-19-15(12)17/h8-9,11H,3-7,10H2,1-2H3,(H,18,19). The smallest absolute Gasteiger partial charge is 0.292 e. The Balaban J connectivity index is 1.57. The van der Waals surface area contributed by atoms with Crippen LogP contribution in [0.4, 0.5) is 0 Å². The SMILES string of the molecule is CC(C)c1cc(C(=O)N2CCCC3(CCc4cn[nH]c43)C2)on1. The fourth-order valence-electron chi connectivity index (χ4n) is 3.99. The molecule has 1 amide bonds. The number of rotatable bonds is 2. The van der Waals surface area contributed by atoms with Crippen LogP contribution in [0.25, 0.3) is 0 Å². The first-order chi connectivity index (χ1) is 11.1. The van der Waals surface area contributed by atoms with E-state index in [1.165, 1.54) is 11.3 Å². The molecular formula is C17H22N4O2. The summed E-state index contributed by atoms with van der Waals surface area (Å²) >= 11 is 0. The first-order valence-electron chi connectivity index (χ1n) is 8.38. The van der Waals surface area contributed by atoms with Crippen molar-refractivity contribution in [3.8, 4) is 0 Å². The van der Waals surface area contributed by atoms with Gasteiger partial charge < -0.3 is 9.42 Å². The monoisotopic (exact) mass is 314 g/mol. The zero-order valence-electron chi connectivity index (χ0n) is 13.6. The molecule has 0 saturated carbocycles. The van der Waals surface area contributed by atoms with Gasteiger partial charge in [0.05, 0.1) is 11.9 Å². The summed E-state index contributed by atoms with van der Waals surface area (Å²) in [6.07, 6.45) is 6.19. The Morgan fingerprint density at radius 2 is 2.30 bits per heavy atom. The maximum Gasteiger partial charge on any atom is 0.292 e. The van der Waals surface area contributed by atoms with Crippen molar-refractivity contribution in [2.75, 3.05) is 13.1 Å². The minimum Gasteiger partial charge on any atom is -0.351 e. The van der Waals surface area contributed by atoms with Gasteiger partial charge in [-0.1, -0.05) is 19.0 Å². The van der Waals surface area contributed by atoms with Crippen LogP contribution in [0.3, 0.4) is 0 Å². The molecule has 0 aromatic carbocycles. The number of carbonyl (C=O) groups excluding carboxylic acids is 1. The van der Waals surface area contributed by atoms with E-state index in [1.54, 1.807) is 6.07 Å². The van der Waals surface area contributed by atoms with Gasteiger partial charge in [0.25, 0.3) is 5.91 Å². The van der Waals surface area contributed by atoms with E-state index in [2.05, 4.69) is 15.4 Å². The number of nitrogens with one attached hydrogen (secondary N) is 1. The lowest BCUT2D eigenvalue weighted by Gasteiger charge is -2.40. The fourth-order valence-corrected chi connectivity index (χ4v) is 3.99. The van der Waals surface area contributed by atoms with Crippen LogP contribution in [0.15, 0.2) is 16.8 Å². The summed E-state index contributed by atoms with van der Waals surface area (Å²) in [7, 11) is 0. The normalized spacial score (nSPS) is 23.7. The maximum absolute atomic E-state index is 12.8. The molecule has 122 valence electrons. The van der Waals surface area contributed by atoms with E-state index in [0.717, 1.165) is 44.5 Å². The average molecular weight is 314 g/mol. The lowest BCUT2D eigenvalue weighted by atomic mass is 9.77. The first-order valence-corrected chi connectivity index (χ1v) is 8.38. The summed E-state index contributed by atoms with van der Waals surface area (Å²) in [6.45, 7) is 5.60. The molecule has 1 unspecified atom stereocenters. The van der Waals surface area contributed by atoms with Crippen molar-refractivity contribution < 1.29 is 9.32 Å². The highest BCUT2D eigenvalue weighted by molar-refractivity contribution is 5.91. The molecule has 1 atom stereocenters. The van der Waals surface area contributed by atoms with E-state index in [4.69, 9.17) is 4.52 Å². The van der Waals surface area contributed by atoms with Gasteiger partial charge in [-0.15, -0.1) is 0 Å². The Morgan fingerprint density at radius 1 is 1.43 bits per heavy atom. The van der Waals surface area contributed by atoms with E-state index in [1.807, 2.05) is 24.9 Å². The first kappa shape index (κ1) is 14.5. The molecule has 2 aromatic rings. The molecule has 1 aliphatic carbocycles. The number of aromatic nitrogens is 3. The van der Waals surface area contributed by atoms with Crippen LogP contribution >= 0.6 is 0 Å². The van der Waals surface area contributed by atoms with E-state index >= 15 is 0 Å². The van der Waals surface area contributed by atoms with E-state index < -0.39 is 0 Å². The Labute approximate surface area is 135 Å². The number of likely N-dealkylation sites (tertiary alicyclic amines) is 1. The second-order valence-electron chi connectivity index (χ2n) is 7.15. The van der Waals surface area contributed by atoms with Crippen molar-refractivity contribution in [1.29, 1.82) is 0 Å². The van der Waals surface area contributed by atoms with Crippen molar-refractivity contribution >= 4 is 5.91 Å². The average Bonchev–Trinajstić information content (AvgIpc) is 3.25. The number of hydrogen-bond acceptors (Lipinski definition) is 4. The second-order valence-corrected chi connectivity index (χ2v) is 7.15. The minimum absolute atomic E-state index is 0.0423. The Morgan fingerprint density at radius 3 is 3.09 bits per heavy atom. The third-order valence-corrected chi connectivity index (χ3v) is 5.32. The van der Waals surface area contributed by atoms with Crippen LogP contribution in [-0.4, -0.2) is 39.3 Å². The fraction of sp³-hybridized carbons (Fsp3) is 0.588. The van der Waals surface area contributed by atoms with Crippen molar-refractivity contribution in [3.05, 3.63) is 35.0 Å². The molecule has 1 spiro atoms. The molecule has 3 heterocycles. The van der Waals surface area contributed by atoms with Crippen LogP contribution < -0.4 is 0 Å². The van der Waals surface area contributed by atoms with Crippen LogP contribution in [0.2, 0.25) is 0 Å². The highest BCUT2D eigenvalue weighted by atomic mass is 16.5. The molecule has 0 radical (unpaired) electrons. The van der Waals surface area contributed by atoms with Crippen LogP contribution in [0, 0.1) is 0 Å². The predicted octanol–water partition coefficient (Wildman–Crippen LogP) is 2.64.